The van der Waals surface area contributed by atoms with Gasteiger partial charge in [0.2, 0.25) is 0 Å². The molecule has 1 aromatic rings. The maximum atomic E-state index is 10.2. The highest BCUT2D eigenvalue weighted by atomic mass is 16.5. The Morgan fingerprint density at radius 2 is 2.16 bits per heavy atom. The smallest absolute Gasteiger partial charge is 0.0807 e. The van der Waals surface area contributed by atoms with Gasteiger partial charge in [-0.15, -0.1) is 0 Å². The second-order valence-electron chi connectivity index (χ2n) is 6.72. The molecule has 106 valence electrons. The molecule has 2 atom stereocenters. The van der Waals surface area contributed by atoms with Gasteiger partial charge in [0, 0.05) is 29.6 Å². The zero-order valence-electron chi connectivity index (χ0n) is 12.3. The second-order valence-corrected chi connectivity index (χ2v) is 6.72. The minimum Gasteiger partial charge on any atom is -0.388 e. The van der Waals surface area contributed by atoms with E-state index in [2.05, 4.69) is 31.4 Å². The van der Waals surface area contributed by atoms with Gasteiger partial charge in [0.05, 0.1) is 11.7 Å². The molecule has 3 nitrogen and oxygen atoms in total. The SMILES string of the molecule is Cc1cc2c(n1C1CCOC(C)(C)C1)CCCC2O. The highest BCUT2D eigenvalue weighted by Gasteiger charge is 2.33. The van der Waals surface area contributed by atoms with Crippen LogP contribution in [0.5, 0.6) is 0 Å². The first-order chi connectivity index (χ1) is 8.98. The molecule has 3 rings (SSSR count). The van der Waals surface area contributed by atoms with E-state index >= 15 is 0 Å². The molecule has 2 heterocycles. The highest BCUT2D eigenvalue weighted by molar-refractivity contribution is 5.32. The van der Waals surface area contributed by atoms with Crippen LogP contribution in [0.2, 0.25) is 0 Å². The lowest BCUT2D eigenvalue weighted by atomic mass is 9.92. The summed E-state index contributed by atoms with van der Waals surface area (Å²) in [5.41, 5.74) is 3.82. The second kappa shape index (κ2) is 4.64. The van der Waals surface area contributed by atoms with Crippen LogP contribution >= 0.6 is 0 Å². The van der Waals surface area contributed by atoms with Gasteiger partial charge in [-0.1, -0.05) is 0 Å². The monoisotopic (exact) mass is 263 g/mol. The van der Waals surface area contributed by atoms with Crippen molar-refractivity contribution in [2.75, 3.05) is 6.61 Å². The van der Waals surface area contributed by atoms with Gasteiger partial charge in [-0.25, -0.2) is 0 Å². The summed E-state index contributed by atoms with van der Waals surface area (Å²) in [6.45, 7) is 7.37. The van der Waals surface area contributed by atoms with Crippen LogP contribution in [-0.2, 0) is 11.2 Å². The van der Waals surface area contributed by atoms with Crippen LogP contribution < -0.4 is 0 Å². The van der Waals surface area contributed by atoms with Gasteiger partial charge >= 0.3 is 0 Å². The fourth-order valence-electron chi connectivity index (χ4n) is 3.83. The Morgan fingerprint density at radius 1 is 1.37 bits per heavy atom. The molecule has 1 aromatic heterocycles. The summed E-state index contributed by atoms with van der Waals surface area (Å²) in [5.74, 6) is 0. The maximum Gasteiger partial charge on any atom is 0.0807 e. The van der Waals surface area contributed by atoms with Gasteiger partial charge in [0.1, 0.15) is 0 Å². The topological polar surface area (TPSA) is 34.4 Å². The Kier molecular flexibility index (Phi) is 3.22. The Bertz CT molecular complexity index is 475. The van der Waals surface area contributed by atoms with E-state index in [0.29, 0.717) is 6.04 Å². The summed E-state index contributed by atoms with van der Waals surface area (Å²) >= 11 is 0. The lowest BCUT2D eigenvalue weighted by Crippen LogP contribution is -2.36. The fourth-order valence-corrected chi connectivity index (χ4v) is 3.83. The van der Waals surface area contributed by atoms with E-state index in [1.54, 1.807) is 0 Å². The molecule has 0 spiro atoms. The van der Waals surface area contributed by atoms with Crippen LogP contribution in [0.3, 0.4) is 0 Å². The quantitative estimate of drug-likeness (QED) is 0.843. The molecule has 0 saturated carbocycles. The van der Waals surface area contributed by atoms with E-state index in [9.17, 15) is 5.11 Å². The van der Waals surface area contributed by atoms with Crippen molar-refractivity contribution in [3.05, 3.63) is 23.0 Å². The summed E-state index contributed by atoms with van der Waals surface area (Å²) in [6.07, 6.45) is 5.02. The zero-order valence-corrected chi connectivity index (χ0v) is 12.3. The number of aryl methyl sites for hydroxylation is 1. The number of rotatable bonds is 1. The van der Waals surface area contributed by atoms with Gasteiger partial charge in [-0.05, 0) is 58.9 Å². The highest BCUT2D eigenvalue weighted by Crippen LogP contribution is 2.39. The van der Waals surface area contributed by atoms with Gasteiger partial charge in [-0.3, -0.25) is 0 Å². The number of aliphatic hydroxyl groups is 1. The molecule has 1 saturated heterocycles. The molecule has 1 aliphatic heterocycles. The van der Waals surface area contributed by atoms with Gasteiger partial charge in [0.25, 0.3) is 0 Å². The van der Waals surface area contributed by atoms with Gasteiger partial charge in [0.15, 0.2) is 0 Å². The van der Waals surface area contributed by atoms with E-state index in [-0.39, 0.29) is 11.7 Å². The molecule has 1 N–H and O–H groups in total. The summed E-state index contributed by atoms with van der Waals surface area (Å²) in [7, 11) is 0. The summed E-state index contributed by atoms with van der Waals surface area (Å²) in [5, 5.41) is 10.2. The van der Waals surface area contributed by atoms with Crippen molar-refractivity contribution in [3.8, 4) is 0 Å². The predicted octanol–water partition coefficient (Wildman–Crippen LogP) is 3.30. The van der Waals surface area contributed by atoms with Crippen molar-refractivity contribution < 1.29 is 9.84 Å². The Labute approximate surface area is 115 Å². The molecule has 3 heteroatoms. The third kappa shape index (κ3) is 2.34. The van der Waals surface area contributed by atoms with Crippen molar-refractivity contribution in [1.82, 2.24) is 4.57 Å². The minimum absolute atomic E-state index is 0.0280. The average molecular weight is 263 g/mol. The van der Waals surface area contributed by atoms with Crippen LogP contribution in [-0.4, -0.2) is 21.9 Å². The largest absolute Gasteiger partial charge is 0.388 e. The molecule has 0 bridgehead atoms. The molecule has 0 radical (unpaired) electrons. The van der Waals surface area contributed by atoms with Crippen LogP contribution in [0.15, 0.2) is 6.07 Å². The van der Waals surface area contributed by atoms with Crippen molar-refractivity contribution in [2.24, 2.45) is 0 Å². The molecule has 1 aliphatic carbocycles. The summed E-state index contributed by atoms with van der Waals surface area (Å²) < 4.78 is 8.32. The Morgan fingerprint density at radius 3 is 2.89 bits per heavy atom. The first-order valence-corrected chi connectivity index (χ1v) is 7.50. The van der Waals surface area contributed by atoms with Crippen LogP contribution in [0.1, 0.15) is 68.6 Å². The van der Waals surface area contributed by atoms with Crippen LogP contribution in [0.4, 0.5) is 0 Å². The maximum absolute atomic E-state index is 10.2. The molecular weight excluding hydrogens is 238 g/mol. The normalized spacial score (nSPS) is 30.1. The first-order valence-electron chi connectivity index (χ1n) is 7.50. The molecule has 19 heavy (non-hydrogen) atoms. The molecule has 0 aromatic carbocycles. The number of nitrogens with zero attached hydrogens (tertiary/aromatic N) is 1. The van der Waals surface area contributed by atoms with E-state index in [4.69, 9.17) is 4.74 Å². The Hall–Kier alpha value is -0.800. The number of hydrogen-bond donors (Lipinski definition) is 1. The molecule has 2 unspecified atom stereocenters. The number of aliphatic hydroxyl groups excluding tert-OH is 1. The summed E-state index contributed by atoms with van der Waals surface area (Å²) in [4.78, 5) is 0. The van der Waals surface area contributed by atoms with Crippen molar-refractivity contribution >= 4 is 0 Å². The molecule has 1 fully saturated rings. The van der Waals surface area contributed by atoms with Crippen molar-refractivity contribution in [2.45, 2.75) is 70.6 Å². The summed E-state index contributed by atoms with van der Waals surface area (Å²) in [6, 6.07) is 2.72. The van der Waals surface area contributed by atoms with Crippen molar-refractivity contribution in [1.29, 1.82) is 0 Å². The van der Waals surface area contributed by atoms with E-state index in [1.165, 1.54) is 17.0 Å². The Balaban J connectivity index is 1.96. The predicted molar refractivity (Wildman–Crippen MR) is 75.4 cm³/mol. The lowest BCUT2D eigenvalue weighted by molar-refractivity contribution is -0.0696. The third-order valence-electron chi connectivity index (χ3n) is 4.65. The number of hydrogen-bond acceptors (Lipinski definition) is 2. The molecular formula is C16H25NO2. The molecule has 2 aliphatic rings. The number of fused-ring (bicyclic) bond motifs is 1. The minimum atomic E-state index is -0.253. The van der Waals surface area contributed by atoms with Crippen molar-refractivity contribution in [3.63, 3.8) is 0 Å². The van der Waals surface area contributed by atoms with E-state index in [0.717, 1.165) is 38.7 Å². The van der Waals surface area contributed by atoms with Gasteiger partial charge < -0.3 is 14.4 Å². The lowest BCUT2D eigenvalue weighted by Gasteiger charge is -2.38. The fraction of sp³-hybridized carbons (Fsp3) is 0.750. The van der Waals surface area contributed by atoms with Crippen LogP contribution in [0.25, 0.3) is 0 Å². The van der Waals surface area contributed by atoms with Crippen LogP contribution in [0, 0.1) is 6.92 Å². The van der Waals surface area contributed by atoms with E-state index < -0.39 is 0 Å². The average Bonchev–Trinajstić information content (AvgIpc) is 2.66. The first kappa shape index (κ1) is 13.2. The molecule has 0 amide bonds. The standard InChI is InChI=1S/C16H25NO2/c1-11-9-13-14(5-4-6-15(13)18)17(11)12-7-8-19-16(2,3)10-12/h9,12,15,18H,4-8,10H2,1-3H3. The number of aromatic nitrogens is 1. The van der Waals surface area contributed by atoms with Gasteiger partial charge in [-0.2, -0.15) is 0 Å². The van der Waals surface area contributed by atoms with E-state index in [1.807, 2.05) is 0 Å². The number of ether oxygens (including phenoxy) is 1. The zero-order chi connectivity index (χ0) is 13.6. The third-order valence-corrected chi connectivity index (χ3v) is 4.65.